The molecule has 1 amide bonds. The minimum Gasteiger partial charge on any atom is -0.566 e. The van der Waals surface area contributed by atoms with Gasteiger partial charge in [-0.1, -0.05) is 0 Å². The van der Waals surface area contributed by atoms with E-state index in [4.69, 9.17) is 5.11 Å². The second-order valence-electron chi connectivity index (χ2n) is 1.40. The van der Waals surface area contributed by atoms with Crippen LogP contribution in [0, 0.1) is 0 Å². The van der Waals surface area contributed by atoms with E-state index in [0.29, 0.717) is 0 Å². The van der Waals surface area contributed by atoms with Crippen LogP contribution in [0.4, 0.5) is 0 Å². The lowest BCUT2D eigenvalue weighted by Crippen LogP contribution is -2.33. The minimum absolute atomic E-state index is 0.737. The molecule has 0 bridgehead atoms. The first-order valence-electron chi connectivity index (χ1n) is 2.29. The molecule has 0 saturated carbocycles. The van der Waals surface area contributed by atoms with Gasteiger partial charge in [0.15, 0.2) is 0 Å². The summed E-state index contributed by atoms with van der Waals surface area (Å²) in [5.41, 5.74) is 4.60. The van der Waals surface area contributed by atoms with Gasteiger partial charge < -0.3 is 15.7 Å². The van der Waals surface area contributed by atoms with Crippen molar-refractivity contribution in [1.29, 1.82) is 0 Å². The van der Waals surface area contributed by atoms with Crippen LogP contribution >= 0.6 is 8.25 Å². The fraction of sp³-hybridized carbons (Fsp3) is 0.667. The summed E-state index contributed by atoms with van der Waals surface area (Å²) in [6.07, 6.45) is -1.46. The maximum absolute atomic E-state index is 10.1. The summed E-state index contributed by atoms with van der Waals surface area (Å²) in [6.45, 7) is -0.737. The van der Waals surface area contributed by atoms with Gasteiger partial charge in [-0.3, -0.25) is 4.79 Å². The first kappa shape index (κ1) is 9.45. The average molecular weight is 167 g/mol. The van der Waals surface area contributed by atoms with E-state index in [1.165, 1.54) is 0 Å². The van der Waals surface area contributed by atoms with Gasteiger partial charge in [-0.25, -0.2) is 0 Å². The average Bonchev–Trinajstić information content (AvgIpc) is 1.81. The van der Waals surface area contributed by atoms with Crippen LogP contribution in [0.3, 0.4) is 0 Å². The van der Waals surface area contributed by atoms with Crippen molar-refractivity contribution < 1.29 is 23.9 Å². The third kappa shape index (κ3) is 3.47. The predicted molar refractivity (Wildman–Crippen MR) is 28.8 cm³/mol. The lowest BCUT2D eigenvalue weighted by Gasteiger charge is -2.01. The predicted octanol–water partition coefficient (Wildman–Crippen LogP) is -2.13. The van der Waals surface area contributed by atoms with Crippen molar-refractivity contribution in [2.45, 2.75) is 6.10 Å². The van der Waals surface area contributed by atoms with Gasteiger partial charge >= 0.3 is 8.25 Å². The lowest BCUT2D eigenvalue weighted by atomic mass is 10.4. The monoisotopic (exact) mass is 167 g/mol. The van der Waals surface area contributed by atoms with Gasteiger partial charge in [0, 0.05) is 0 Å². The van der Waals surface area contributed by atoms with Gasteiger partial charge in [0.25, 0.3) is 5.91 Å². The van der Waals surface area contributed by atoms with Crippen molar-refractivity contribution in [2.75, 3.05) is 6.61 Å². The molecule has 10 heavy (non-hydrogen) atoms. The molecule has 0 aromatic carbocycles. The highest BCUT2D eigenvalue weighted by Gasteiger charge is 2.21. The summed E-state index contributed by atoms with van der Waals surface area (Å²) in [5, 5.41) is 8.25. The molecule has 0 radical (unpaired) electrons. The van der Waals surface area contributed by atoms with Gasteiger partial charge in [-0.05, 0) is 4.57 Å². The number of aliphatic hydroxyl groups is 1. The number of primary amides is 1. The molecule has 0 spiro atoms. The number of rotatable bonds is 4. The SMILES string of the molecule is NC(=O)C(CO)O[P+](=O)[O-]. The molecular formula is C3H6NO5P. The Hall–Kier alpha value is -0.550. The zero-order valence-corrected chi connectivity index (χ0v) is 5.78. The Balaban J connectivity index is 3.83. The second-order valence-corrected chi connectivity index (χ2v) is 2.06. The number of hydrogen-bond acceptors (Lipinski definition) is 5. The third-order valence-corrected chi connectivity index (χ3v) is 1.12. The maximum Gasteiger partial charge on any atom is 0.489 e. The summed E-state index contributed by atoms with van der Waals surface area (Å²) in [7, 11) is -3.14. The van der Waals surface area contributed by atoms with E-state index in [0.717, 1.165) is 0 Å². The molecule has 0 heterocycles. The molecule has 0 fully saturated rings. The molecular weight excluding hydrogens is 161 g/mol. The van der Waals surface area contributed by atoms with E-state index in [1.54, 1.807) is 0 Å². The third-order valence-electron chi connectivity index (χ3n) is 0.696. The van der Waals surface area contributed by atoms with Crippen LogP contribution in [-0.4, -0.2) is 23.7 Å². The van der Waals surface area contributed by atoms with Crippen LogP contribution in [0.5, 0.6) is 0 Å². The number of carbonyl (C=O) groups excluding carboxylic acids is 1. The molecule has 0 saturated heterocycles. The highest BCUT2D eigenvalue weighted by Crippen LogP contribution is 2.12. The summed E-state index contributed by atoms with van der Waals surface area (Å²) < 4.78 is 13.7. The molecule has 0 aliphatic carbocycles. The molecule has 2 unspecified atom stereocenters. The highest BCUT2D eigenvalue weighted by atomic mass is 31.1. The number of nitrogens with two attached hydrogens (primary N) is 1. The molecule has 0 aromatic heterocycles. The van der Waals surface area contributed by atoms with Crippen molar-refractivity contribution in [1.82, 2.24) is 0 Å². The van der Waals surface area contributed by atoms with Crippen molar-refractivity contribution in [3.05, 3.63) is 0 Å². The topological polar surface area (TPSA) is 113 Å². The van der Waals surface area contributed by atoms with Gasteiger partial charge in [-0.15, -0.1) is 4.52 Å². The van der Waals surface area contributed by atoms with Crippen molar-refractivity contribution in [3.63, 3.8) is 0 Å². The van der Waals surface area contributed by atoms with Crippen LogP contribution in [-0.2, 0) is 13.9 Å². The van der Waals surface area contributed by atoms with Gasteiger partial charge in [0.05, 0.1) is 6.61 Å². The fourth-order valence-electron chi connectivity index (χ4n) is 0.279. The first-order valence-corrected chi connectivity index (χ1v) is 3.38. The van der Waals surface area contributed by atoms with Gasteiger partial charge in [0.1, 0.15) is 0 Å². The standard InChI is InChI=1S/C3H6NO5P/c4-3(6)2(1-5)9-10(7)8/h2,5H,1H2,(H2,4,6). The molecule has 58 valence electrons. The molecule has 0 aliphatic heterocycles. The number of aliphatic hydroxyl groups excluding tert-OH is 1. The van der Waals surface area contributed by atoms with Gasteiger partial charge in [0.2, 0.25) is 6.10 Å². The Kier molecular flexibility index (Phi) is 4.06. The molecule has 0 rings (SSSR count). The van der Waals surface area contributed by atoms with E-state index in [1.807, 2.05) is 0 Å². The van der Waals surface area contributed by atoms with Crippen molar-refractivity contribution in [3.8, 4) is 0 Å². The quantitative estimate of drug-likeness (QED) is 0.464. The molecule has 0 aromatic rings. The Labute approximate surface area is 57.6 Å². The highest BCUT2D eigenvalue weighted by molar-refractivity contribution is 7.30. The van der Waals surface area contributed by atoms with Crippen LogP contribution in [0.25, 0.3) is 0 Å². The Morgan fingerprint density at radius 3 is 2.50 bits per heavy atom. The molecule has 0 aliphatic rings. The van der Waals surface area contributed by atoms with Crippen molar-refractivity contribution >= 4 is 14.2 Å². The zero-order valence-electron chi connectivity index (χ0n) is 4.89. The van der Waals surface area contributed by atoms with E-state index in [-0.39, 0.29) is 0 Å². The smallest absolute Gasteiger partial charge is 0.489 e. The van der Waals surface area contributed by atoms with Crippen molar-refractivity contribution in [2.24, 2.45) is 5.73 Å². The van der Waals surface area contributed by atoms with Crippen LogP contribution in [0.15, 0.2) is 0 Å². The lowest BCUT2D eigenvalue weighted by molar-refractivity contribution is -0.191. The van der Waals surface area contributed by atoms with Crippen LogP contribution in [0.1, 0.15) is 0 Å². The minimum atomic E-state index is -3.14. The van der Waals surface area contributed by atoms with E-state index in [9.17, 15) is 14.3 Å². The Morgan fingerprint density at radius 1 is 1.90 bits per heavy atom. The molecule has 7 heteroatoms. The van der Waals surface area contributed by atoms with E-state index < -0.39 is 26.9 Å². The van der Waals surface area contributed by atoms with E-state index >= 15 is 0 Å². The second kappa shape index (κ2) is 4.29. The molecule has 6 nitrogen and oxygen atoms in total. The number of hydrogen-bond donors (Lipinski definition) is 2. The number of carbonyl (C=O) groups is 1. The molecule has 3 N–H and O–H groups in total. The Bertz CT molecular complexity index is 148. The summed E-state index contributed by atoms with van der Waals surface area (Å²) in [4.78, 5) is 19.9. The summed E-state index contributed by atoms with van der Waals surface area (Å²) >= 11 is 0. The van der Waals surface area contributed by atoms with E-state index in [2.05, 4.69) is 10.3 Å². The zero-order chi connectivity index (χ0) is 8.15. The first-order chi connectivity index (χ1) is 4.57. The Morgan fingerprint density at radius 2 is 2.40 bits per heavy atom. The number of amides is 1. The van der Waals surface area contributed by atoms with Gasteiger partial charge in [-0.2, -0.15) is 0 Å². The molecule has 2 atom stereocenters. The normalized spacial score (nSPS) is 14.4. The van der Waals surface area contributed by atoms with Crippen LogP contribution < -0.4 is 10.6 Å². The fourth-order valence-corrected chi connectivity index (χ4v) is 0.657. The summed E-state index contributed by atoms with van der Waals surface area (Å²) in [5.74, 6) is -1.01. The summed E-state index contributed by atoms with van der Waals surface area (Å²) in [6, 6.07) is 0. The maximum atomic E-state index is 10.1. The van der Waals surface area contributed by atoms with Crippen LogP contribution in [0.2, 0.25) is 0 Å². The largest absolute Gasteiger partial charge is 0.566 e.